The van der Waals surface area contributed by atoms with Crippen LogP contribution in [0.3, 0.4) is 0 Å². The predicted octanol–water partition coefficient (Wildman–Crippen LogP) is 2.75. The zero-order valence-corrected chi connectivity index (χ0v) is 9.02. The van der Waals surface area contributed by atoms with Crippen LogP contribution in [0.25, 0.3) is 10.9 Å². The fraction of sp³-hybridized carbons (Fsp3) is 0.308. The number of hydrogen-bond acceptors (Lipinski definition) is 3. The second-order valence-corrected chi connectivity index (χ2v) is 4.22. The largest absolute Gasteiger partial charge is 0.490 e. The first-order valence-electron chi connectivity index (χ1n) is 5.64. The van der Waals surface area contributed by atoms with E-state index in [0.29, 0.717) is 11.8 Å². The number of pyridine rings is 1. The van der Waals surface area contributed by atoms with E-state index in [4.69, 9.17) is 10.5 Å². The summed E-state index contributed by atoms with van der Waals surface area (Å²) in [5, 5.41) is 1.01. The maximum absolute atomic E-state index is 5.92. The van der Waals surface area contributed by atoms with Gasteiger partial charge in [0.25, 0.3) is 0 Å². The molecule has 3 rings (SSSR count). The Morgan fingerprint density at radius 1 is 1.25 bits per heavy atom. The minimum atomic E-state index is 0.382. The zero-order valence-electron chi connectivity index (χ0n) is 9.02. The highest BCUT2D eigenvalue weighted by Crippen LogP contribution is 2.32. The molecule has 1 aromatic heterocycles. The predicted molar refractivity (Wildman–Crippen MR) is 64.4 cm³/mol. The number of nitrogens with two attached hydrogens (primary N) is 1. The summed E-state index contributed by atoms with van der Waals surface area (Å²) in [7, 11) is 0. The summed E-state index contributed by atoms with van der Waals surface area (Å²) in [5.74, 6) is 0.905. The number of aromatic nitrogens is 1. The number of rotatable bonds is 2. The highest BCUT2D eigenvalue weighted by molar-refractivity contribution is 5.93. The van der Waals surface area contributed by atoms with Crippen molar-refractivity contribution in [2.75, 3.05) is 5.73 Å². The molecule has 1 aliphatic rings. The molecule has 0 unspecified atom stereocenters. The van der Waals surface area contributed by atoms with E-state index < -0.39 is 0 Å². The van der Waals surface area contributed by atoms with Crippen LogP contribution in [-0.2, 0) is 0 Å². The molecule has 16 heavy (non-hydrogen) atoms. The van der Waals surface area contributed by atoms with Gasteiger partial charge in [0.1, 0.15) is 5.75 Å². The molecule has 0 spiro atoms. The molecule has 3 heteroatoms. The van der Waals surface area contributed by atoms with Crippen LogP contribution in [0, 0.1) is 0 Å². The smallest absolute Gasteiger partial charge is 0.129 e. The van der Waals surface area contributed by atoms with Crippen molar-refractivity contribution in [1.82, 2.24) is 4.98 Å². The number of nitrogens with zero attached hydrogens (tertiary/aromatic N) is 1. The van der Waals surface area contributed by atoms with Crippen LogP contribution < -0.4 is 10.5 Å². The Kier molecular flexibility index (Phi) is 2.17. The van der Waals surface area contributed by atoms with Crippen molar-refractivity contribution in [3.05, 3.63) is 30.5 Å². The summed E-state index contributed by atoms with van der Waals surface area (Å²) >= 11 is 0. The summed E-state index contributed by atoms with van der Waals surface area (Å²) in [6.45, 7) is 0. The third-order valence-electron chi connectivity index (χ3n) is 3.11. The number of benzene rings is 1. The Hall–Kier alpha value is -1.77. The first kappa shape index (κ1) is 9.46. The van der Waals surface area contributed by atoms with Crippen LogP contribution in [0.5, 0.6) is 5.75 Å². The van der Waals surface area contributed by atoms with Gasteiger partial charge >= 0.3 is 0 Å². The molecule has 0 amide bonds. The molecule has 1 saturated carbocycles. The Bertz CT molecular complexity index is 520. The van der Waals surface area contributed by atoms with Crippen molar-refractivity contribution in [2.24, 2.45) is 0 Å². The van der Waals surface area contributed by atoms with Crippen molar-refractivity contribution >= 4 is 16.6 Å². The van der Waals surface area contributed by atoms with E-state index in [0.717, 1.165) is 29.5 Å². The third kappa shape index (κ3) is 1.48. The van der Waals surface area contributed by atoms with Crippen LogP contribution in [0.4, 0.5) is 5.69 Å². The van der Waals surface area contributed by atoms with E-state index in [-0.39, 0.29) is 0 Å². The second-order valence-electron chi connectivity index (χ2n) is 4.22. The van der Waals surface area contributed by atoms with Gasteiger partial charge in [-0.1, -0.05) is 0 Å². The fourth-order valence-corrected chi connectivity index (χ4v) is 1.94. The monoisotopic (exact) mass is 214 g/mol. The molecule has 3 nitrogen and oxygen atoms in total. The van der Waals surface area contributed by atoms with E-state index >= 15 is 0 Å². The molecule has 0 bridgehead atoms. The molecule has 82 valence electrons. The van der Waals surface area contributed by atoms with E-state index in [1.54, 1.807) is 6.20 Å². The Morgan fingerprint density at radius 2 is 2.12 bits per heavy atom. The first-order chi connectivity index (χ1) is 7.84. The van der Waals surface area contributed by atoms with Crippen molar-refractivity contribution in [3.8, 4) is 5.75 Å². The lowest BCUT2D eigenvalue weighted by molar-refractivity contribution is 0.122. The molecular weight excluding hydrogens is 200 g/mol. The van der Waals surface area contributed by atoms with Gasteiger partial charge in [-0.2, -0.15) is 0 Å². The minimum Gasteiger partial charge on any atom is -0.490 e. The van der Waals surface area contributed by atoms with Gasteiger partial charge in [-0.25, -0.2) is 0 Å². The van der Waals surface area contributed by atoms with Gasteiger partial charge in [-0.05, 0) is 43.5 Å². The number of nitrogen functional groups attached to an aromatic ring is 1. The van der Waals surface area contributed by atoms with E-state index in [2.05, 4.69) is 4.98 Å². The Balaban J connectivity index is 2.06. The molecule has 1 fully saturated rings. The number of hydrogen-bond donors (Lipinski definition) is 1. The van der Waals surface area contributed by atoms with Crippen molar-refractivity contribution in [1.29, 1.82) is 0 Å². The molecule has 2 N–H and O–H groups in total. The maximum Gasteiger partial charge on any atom is 0.129 e. The normalized spacial score (nSPS) is 16.0. The van der Waals surface area contributed by atoms with Gasteiger partial charge in [0.15, 0.2) is 0 Å². The zero-order chi connectivity index (χ0) is 11.0. The molecule has 0 atom stereocenters. The third-order valence-corrected chi connectivity index (χ3v) is 3.11. The second kappa shape index (κ2) is 3.67. The number of fused-ring (bicyclic) bond motifs is 1. The summed E-state index contributed by atoms with van der Waals surface area (Å²) in [6, 6.07) is 7.73. The summed E-state index contributed by atoms with van der Waals surface area (Å²) < 4.78 is 5.92. The van der Waals surface area contributed by atoms with E-state index in [1.807, 2.05) is 24.3 Å². The van der Waals surface area contributed by atoms with Gasteiger partial charge in [0.2, 0.25) is 0 Å². The van der Waals surface area contributed by atoms with Crippen LogP contribution in [0.1, 0.15) is 19.3 Å². The first-order valence-corrected chi connectivity index (χ1v) is 5.64. The molecule has 1 aliphatic carbocycles. The van der Waals surface area contributed by atoms with Crippen LogP contribution in [0.2, 0.25) is 0 Å². The minimum absolute atomic E-state index is 0.382. The van der Waals surface area contributed by atoms with Gasteiger partial charge in [-0.15, -0.1) is 0 Å². The lowest BCUT2D eigenvalue weighted by Crippen LogP contribution is -2.24. The molecule has 0 aliphatic heterocycles. The topological polar surface area (TPSA) is 48.1 Å². The average Bonchev–Trinajstić information content (AvgIpc) is 2.26. The maximum atomic E-state index is 5.92. The summed E-state index contributed by atoms with van der Waals surface area (Å²) in [6.07, 6.45) is 5.73. The van der Waals surface area contributed by atoms with Crippen LogP contribution >= 0.6 is 0 Å². The van der Waals surface area contributed by atoms with Crippen molar-refractivity contribution in [3.63, 3.8) is 0 Å². The molecule has 0 saturated heterocycles. The van der Waals surface area contributed by atoms with Crippen LogP contribution in [-0.4, -0.2) is 11.1 Å². The summed E-state index contributed by atoms with van der Waals surface area (Å²) in [5.41, 5.74) is 7.42. The van der Waals surface area contributed by atoms with Gasteiger partial charge in [0, 0.05) is 11.6 Å². The van der Waals surface area contributed by atoms with Crippen molar-refractivity contribution < 1.29 is 4.74 Å². The fourth-order valence-electron chi connectivity index (χ4n) is 1.94. The summed E-state index contributed by atoms with van der Waals surface area (Å²) in [4.78, 5) is 4.29. The van der Waals surface area contributed by atoms with Gasteiger partial charge in [0.05, 0.1) is 17.3 Å². The SMILES string of the molecule is Nc1ccc(OC2CCC2)c2cccnc12. The Morgan fingerprint density at radius 3 is 2.88 bits per heavy atom. The van der Waals surface area contributed by atoms with Crippen LogP contribution in [0.15, 0.2) is 30.5 Å². The average molecular weight is 214 g/mol. The van der Waals surface area contributed by atoms with Crippen molar-refractivity contribution in [2.45, 2.75) is 25.4 Å². The molecular formula is C13H14N2O. The molecule has 1 aromatic carbocycles. The van der Waals surface area contributed by atoms with Gasteiger partial charge < -0.3 is 10.5 Å². The highest BCUT2D eigenvalue weighted by Gasteiger charge is 2.20. The lowest BCUT2D eigenvalue weighted by atomic mass is 9.96. The molecule has 1 heterocycles. The molecule has 0 radical (unpaired) electrons. The Labute approximate surface area is 94.2 Å². The lowest BCUT2D eigenvalue weighted by Gasteiger charge is -2.27. The highest BCUT2D eigenvalue weighted by atomic mass is 16.5. The quantitative estimate of drug-likeness (QED) is 0.782. The number of anilines is 1. The van der Waals surface area contributed by atoms with E-state index in [1.165, 1.54) is 6.42 Å². The van der Waals surface area contributed by atoms with E-state index in [9.17, 15) is 0 Å². The molecule has 2 aromatic rings. The standard InChI is InChI=1S/C13H14N2O/c14-11-6-7-12(16-9-3-1-4-9)10-5-2-8-15-13(10)11/h2,5-9H,1,3-4,14H2. The number of ether oxygens (including phenoxy) is 1. The van der Waals surface area contributed by atoms with Gasteiger partial charge in [-0.3, -0.25) is 4.98 Å².